The van der Waals surface area contributed by atoms with Crippen LogP contribution in [-0.2, 0) is 11.2 Å². The van der Waals surface area contributed by atoms with E-state index in [2.05, 4.69) is 23.8 Å². The van der Waals surface area contributed by atoms with Crippen LogP contribution in [0.1, 0.15) is 78.0 Å². The van der Waals surface area contributed by atoms with Crippen LogP contribution in [0.15, 0.2) is 6.20 Å². The molecule has 1 saturated heterocycles. The highest BCUT2D eigenvalue weighted by atomic mass is 16.2. The molecule has 2 aliphatic heterocycles. The maximum absolute atomic E-state index is 13.1. The second-order valence-corrected chi connectivity index (χ2v) is 9.35. The number of nitrogens with zero attached hydrogens (tertiary/aromatic N) is 6. The molecule has 8 nitrogen and oxygen atoms in total. The number of fused-ring (bicyclic) bond motifs is 1. The van der Waals surface area contributed by atoms with Crippen molar-refractivity contribution in [1.82, 2.24) is 24.8 Å². The minimum Gasteiger partial charge on any atom is -0.338 e. The zero-order valence-electron chi connectivity index (χ0n) is 19.7. The first-order valence-corrected chi connectivity index (χ1v) is 11.5. The Bertz CT molecular complexity index is 1050. The molecule has 0 aliphatic carbocycles. The number of hydrogen-bond donors (Lipinski definition) is 0. The summed E-state index contributed by atoms with van der Waals surface area (Å²) >= 11 is 0. The van der Waals surface area contributed by atoms with Crippen molar-refractivity contribution in [3.63, 3.8) is 0 Å². The number of amides is 2. The number of anilines is 1. The second-order valence-electron chi connectivity index (χ2n) is 9.35. The van der Waals surface area contributed by atoms with Crippen LogP contribution < -0.4 is 4.90 Å². The van der Waals surface area contributed by atoms with Crippen molar-refractivity contribution in [3.8, 4) is 0 Å². The van der Waals surface area contributed by atoms with Gasteiger partial charge in [0, 0.05) is 49.4 Å². The highest BCUT2D eigenvalue weighted by Gasteiger charge is 2.33. The van der Waals surface area contributed by atoms with Crippen molar-refractivity contribution in [2.75, 3.05) is 24.5 Å². The zero-order chi connectivity index (χ0) is 23.0. The van der Waals surface area contributed by atoms with Gasteiger partial charge in [-0.3, -0.25) is 14.5 Å². The predicted molar refractivity (Wildman–Crippen MR) is 122 cm³/mol. The molecule has 4 heterocycles. The molecular weight excluding hydrogens is 404 g/mol. The van der Waals surface area contributed by atoms with Crippen LogP contribution in [-0.4, -0.2) is 56.3 Å². The Hall–Kier alpha value is -2.90. The Morgan fingerprint density at radius 1 is 1.12 bits per heavy atom. The fourth-order valence-electron chi connectivity index (χ4n) is 4.52. The Morgan fingerprint density at radius 3 is 2.62 bits per heavy atom. The minimum atomic E-state index is -0.0478. The average molecular weight is 437 g/mol. The summed E-state index contributed by atoms with van der Waals surface area (Å²) in [6.07, 6.45) is 4.56. The van der Waals surface area contributed by atoms with E-state index in [0.29, 0.717) is 55.5 Å². The number of carbonyl (C=O) groups is 2. The van der Waals surface area contributed by atoms with Crippen molar-refractivity contribution in [3.05, 3.63) is 40.4 Å². The number of aromatic nitrogens is 4. The minimum absolute atomic E-state index is 0.0478. The van der Waals surface area contributed by atoms with Gasteiger partial charge in [0.05, 0.1) is 11.3 Å². The van der Waals surface area contributed by atoms with Gasteiger partial charge in [0.2, 0.25) is 5.91 Å². The van der Waals surface area contributed by atoms with E-state index in [1.165, 1.54) is 0 Å². The molecule has 2 aromatic heterocycles. The van der Waals surface area contributed by atoms with E-state index in [-0.39, 0.29) is 17.7 Å². The molecule has 1 atom stereocenters. The monoisotopic (exact) mass is 436 g/mol. The number of hydrogen-bond acceptors (Lipinski definition) is 6. The Morgan fingerprint density at radius 2 is 1.91 bits per heavy atom. The third-order valence-corrected chi connectivity index (χ3v) is 6.46. The summed E-state index contributed by atoms with van der Waals surface area (Å²) in [4.78, 5) is 47.6. The number of likely N-dealkylation sites (tertiary alicyclic amines) is 1. The van der Waals surface area contributed by atoms with Gasteiger partial charge in [-0.05, 0) is 46.0 Å². The Kier molecular flexibility index (Phi) is 6.22. The van der Waals surface area contributed by atoms with Crippen LogP contribution in [0.25, 0.3) is 0 Å². The van der Waals surface area contributed by atoms with Crippen LogP contribution in [0.4, 0.5) is 5.82 Å². The summed E-state index contributed by atoms with van der Waals surface area (Å²) < 4.78 is 0. The normalized spacial score (nSPS) is 18.4. The van der Waals surface area contributed by atoms with Gasteiger partial charge >= 0.3 is 0 Å². The van der Waals surface area contributed by atoms with Crippen molar-refractivity contribution < 1.29 is 9.59 Å². The van der Waals surface area contributed by atoms with Gasteiger partial charge in [-0.15, -0.1) is 0 Å². The number of rotatable bonds is 5. The molecule has 1 fully saturated rings. The Balaban J connectivity index is 1.56. The summed E-state index contributed by atoms with van der Waals surface area (Å²) in [5.74, 6) is 2.83. The van der Waals surface area contributed by atoms with E-state index in [1.807, 2.05) is 30.6 Å². The molecule has 170 valence electrons. The first kappa shape index (κ1) is 22.3. The third kappa shape index (κ3) is 4.36. The lowest BCUT2D eigenvalue weighted by molar-refractivity contribution is -0.119. The summed E-state index contributed by atoms with van der Waals surface area (Å²) in [6, 6.07) is 0. The van der Waals surface area contributed by atoms with Gasteiger partial charge in [0.1, 0.15) is 17.5 Å². The molecule has 32 heavy (non-hydrogen) atoms. The fourth-order valence-corrected chi connectivity index (χ4v) is 4.52. The van der Waals surface area contributed by atoms with E-state index in [0.717, 1.165) is 35.7 Å². The summed E-state index contributed by atoms with van der Waals surface area (Å²) in [5, 5.41) is 0. The van der Waals surface area contributed by atoms with Crippen LogP contribution in [0.2, 0.25) is 0 Å². The maximum atomic E-state index is 13.1. The van der Waals surface area contributed by atoms with Gasteiger partial charge < -0.3 is 4.90 Å². The van der Waals surface area contributed by atoms with Crippen LogP contribution >= 0.6 is 0 Å². The molecule has 0 spiro atoms. The van der Waals surface area contributed by atoms with Crippen molar-refractivity contribution in [2.45, 2.75) is 66.2 Å². The molecule has 2 aromatic rings. The maximum Gasteiger partial charge on any atom is 0.257 e. The first-order chi connectivity index (χ1) is 15.2. The van der Waals surface area contributed by atoms with Crippen molar-refractivity contribution in [2.24, 2.45) is 5.92 Å². The van der Waals surface area contributed by atoms with E-state index in [1.54, 1.807) is 6.20 Å². The lowest BCUT2D eigenvalue weighted by Crippen LogP contribution is -2.38. The predicted octanol–water partition coefficient (Wildman–Crippen LogP) is 3.15. The van der Waals surface area contributed by atoms with Gasteiger partial charge in [-0.2, -0.15) is 0 Å². The standard InChI is InChI=1S/C24H32N6O2/c1-14(2)8-11-30-21(31)7-6-19-15(3)27-22(28-23(19)30)18-9-10-29(13-18)24(32)20-12-25-17(5)26-16(20)4/h12,14,18H,6-11,13H2,1-5H3/t18-/m1/s1. The summed E-state index contributed by atoms with van der Waals surface area (Å²) in [7, 11) is 0. The highest BCUT2D eigenvalue weighted by molar-refractivity contribution is 5.96. The molecule has 2 aliphatic rings. The van der Waals surface area contributed by atoms with Crippen molar-refractivity contribution in [1.29, 1.82) is 0 Å². The van der Waals surface area contributed by atoms with E-state index in [9.17, 15) is 9.59 Å². The summed E-state index contributed by atoms with van der Waals surface area (Å²) in [6.45, 7) is 11.9. The molecule has 0 saturated carbocycles. The molecule has 0 N–H and O–H groups in total. The topological polar surface area (TPSA) is 92.2 Å². The van der Waals surface area contributed by atoms with Crippen LogP contribution in [0.3, 0.4) is 0 Å². The van der Waals surface area contributed by atoms with Crippen LogP contribution in [0.5, 0.6) is 0 Å². The smallest absolute Gasteiger partial charge is 0.257 e. The largest absolute Gasteiger partial charge is 0.338 e. The first-order valence-electron chi connectivity index (χ1n) is 11.5. The number of aryl methyl sites for hydroxylation is 3. The lowest BCUT2D eigenvalue weighted by atomic mass is 10.0. The summed E-state index contributed by atoms with van der Waals surface area (Å²) in [5.41, 5.74) is 3.27. The molecular formula is C24H32N6O2. The molecule has 2 amide bonds. The molecule has 0 aromatic carbocycles. The van der Waals surface area contributed by atoms with E-state index >= 15 is 0 Å². The number of carbonyl (C=O) groups excluding carboxylic acids is 2. The quantitative estimate of drug-likeness (QED) is 0.715. The van der Waals surface area contributed by atoms with Crippen LogP contribution in [0, 0.1) is 26.7 Å². The van der Waals surface area contributed by atoms with E-state index < -0.39 is 0 Å². The molecule has 0 unspecified atom stereocenters. The molecule has 0 bridgehead atoms. The van der Waals surface area contributed by atoms with Gasteiger partial charge in [-0.25, -0.2) is 19.9 Å². The second kappa shape index (κ2) is 8.92. The van der Waals surface area contributed by atoms with E-state index in [4.69, 9.17) is 9.97 Å². The Labute approximate surface area is 189 Å². The fraction of sp³-hybridized carbons (Fsp3) is 0.583. The molecule has 8 heteroatoms. The van der Waals surface area contributed by atoms with Gasteiger partial charge in [0.15, 0.2) is 0 Å². The lowest BCUT2D eigenvalue weighted by Gasteiger charge is -2.30. The average Bonchev–Trinajstić information content (AvgIpc) is 3.22. The van der Waals surface area contributed by atoms with Gasteiger partial charge in [0.25, 0.3) is 5.91 Å². The molecule has 0 radical (unpaired) electrons. The SMILES string of the molecule is Cc1ncc(C(=O)N2CC[C@@H](c3nc(C)c4c(n3)N(CCC(C)C)C(=O)CC4)C2)c(C)n1. The molecule has 4 rings (SSSR count). The highest BCUT2D eigenvalue weighted by Crippen LogP contribution is 2.33. The van der Waals surface area contributed by atoms with Crippen molar-refractivity contribution >= 4 is 17.6 Å². The third-order valence-electron chi connectivity index (χ3n) is 6.46. The van der Waals surface area contributed by atoms with Gasteiger partial charge in [-0.1, -0.05) is 13.8 Å². The zero-order valence-corrected chi connectivity index (χ0v) is 19.7.